The maximum Gasteiger partial charge on any atom is 0.341 e. The number of nitrogens with one attached hydrogen (secondary N) is 1. The van der Waals surface area contributed by atoms with E-state index in [1.807, 2.05) is 12.1 Å². The highest BCUT2D eigenvalue weighted by molar-refractivity contribution is 9.10. The number of carboxylic acids is 1. The van der Waals surface area contributed by atoms with Crippen LogP contribution < -0.4 is 10.1 Å². The predicted molar refractivity (Wildman–Crippen MR) is 130 cm³/mol. The van der Waals surface area contributed by atoms with Crippen LogP contribution in [0.25, 0.3) is 0 Å². The van der Waals surface area contributed by atoms with Gasteiger partial charge in [0.25, 0.3) is 5.91 Å². The normalized spacial score (nSPS) is 16.7. The zero-order chi connectivity index (χ0) is 22.5. The van der Waals surface area contributed by atoms with Crippen LogP contribution in [0.4, 0.5) is 5.00 Å². The molecule has 0 atom stereocenters. The maximum atomic E-state index is 13.3. The summed E-state index contributed by atoms with van der Waals surface area (Å²) in [6.07, 6.45) is 11.7. The Balaban J connectivity index is 1.55. The van der Waals surface area contributed by atoms with Gasteiger partial charge >= 0.3 is 5.97 Å². The third-order valence-corrected chi connectivity index (χ3v) is 7.78. The number of hydrogen-bond donors (Lipinski definition) is 2. The Morgan fingerprint density at radius 2 is 1.97 bits per heavy atom. The molecule has 1 saturated carbocycles. The van der Waals surface area contributed by atoms with Crippen LogP contribution in [0.3, 0.4) is 0 Å². The van der Waals surface area contributed by atoms with Gasteiger partial charge in [-0.2, -0.15) is 0 Å². The van der Waals surface area contributed by atoms with Crippen molar-refractivity contribution in [3.8, 4) is 5.75 Å². The first-order chi connectivity index (χ1) is 15.5. The first kappa shape index (κ1) is 23.0. The molecule has 1 amide bonds. The molecule has 2 aromatic rings. The van der Waals surface area contributed by atoms with Gasteiger partial charge < -0.3 is 15.2 Å². The van der Waals surface area contributed by atoms with Crippen LogP contribution in [0.5, 0.6) is 5.75 Å². The van der Waals surface area contributed by atoms with Gasteiger partial charge in [-0.05, 0) is 83.8 Å². The quantitative estimate of drug-likeness (QED) is 0.462. The molecule has 6 nitrogen and oxygen atoms in total. The van der Waals surface area contributed by atoms with E-state index in [0.29, 0.717) is 10.2 Å². The van der Waals surface area contributed by atoms with E-state index in [1.54, 1.807) is 23.6 Å². The van der Waals surface area contributed by atoms with E-state index in [-0.39, 0.29) is 11.9 Å². The van der Waals surface area contributed by atoms with E-state index >= 15 is 0 Å². The fourth-order valence-corrected chi connectivity index (χ4v) is 6.11. The molecule has 1 fully saturated rings. The molecule has 0 unspecified atom stereocenters. The highest BCUT2D eigenvalue weighted by atomic mass is 79.9. The number of hydrogen-bond acceptors (Lipinski definition) is 5. The summed E-state index contributed by atoms with van der Waals surface area (Å²) in [6.45, 7) is -0.397. The van der Waals surface area contributed by atoms with Crippen LogP contribution in [-0.2, 0) is 17.6 Å². The number of nitrogens with zero attached hydrogens (tertiary/aromatic N) is 1. The third-order valence-electron chi connectivity index (χ3n) is 5.96. The summed E-state index contributed by atoms with van der Waals surface area (Å²) in [5.41, 5.74) is 2.77. The number of fused-ring (bicyclic) bond motifs is 1. The van der Waals surface area contributed by atoms with Crippen molar-refractivity contribution in [1.29, 1.82) is 0 Å². The third kappa shape index (κ3) is 5.59. The molecule has 170 valence electrons. The highest BCUT2D eigenvalue weighted by Crippen LogP contribution is 2.40. The second-order valence-corrected chi connectivity index (χ2v) is 10.3. The number of thiophene rings is 1. The van der Waals surface area contributed by atoms with Crippen molar-refractivity contribution in [3.63, 3.8) is 0 Å². The molecular weight excluding hydrogens is 492 g/mol. The van der Waals surface area contributed by atoms with Crippen LogP contribution in [0, 0.1) is 0 Å². The molecule has 2 aliphatic carbocycles. The molecule has 0 aliphatic heterocycles. The van der Waals surface area contributed by atoms with Gasteiger partial charge in [0, 0.05) is 17.1 Å². The monoisotopic (exact) mass is 518 g/mol. The molecule has 4 rings (SSSR count). The number of carbonyl (C=O) groups is 2. The standard InChI is InChI=1S/C24H27BrN2O4S/c25-18-12-15(10-11-19(18)31-14-21(28)29)13-26-24-22(17-8-4-5-9-20(17)32-24)23(30)27-16-6-2-1-3-7-16/h10-13,16H,1-9,14H2,(H,27,30)(H,28,29). The molecule has 2 N–H and O–H groups in total. The van der Waals surface area contributed by atoms with Crippen molar-refractivity contribution in [2.24, 2.45) is 4.99 Å². The Morgan fingerprint density at radius 3 is 2.72 bits per heavy atom. The van der Waals surface area contributed by atoms with Gasteiger partial charge in [0.05, 0.1) is 10.0 Å². The smallest absolute Gasteiger partial charge is 0.341 e. The number of halogens is 1. The molecule has 1 aromatic carbocycles. The zero-order valence-corrected chi connectivity index (χ0v) is 20.3. The van der Waals surface area contributed by atoms with Gasteiger partial charge in [0.2, 0.25) is 0 Å². The SMILES string of the molecule is O=C(O)COc1ccc(C=Nc2sc3c(c2C(=O)NC2CCCCC2)CCCC3)cc1Br. The molecule has 2 aliphatic rings. The van der Waals surface area contributed by atoms with Crippen LogP contribution in [0.2, 0.25) is 0 Å². The Kier molecular flexibility index (Phi) is 7.63. The number of benzene rings is 1. The largest absolute Gasteiger partial charge is 0.481 e. The van der Waals surface area contributed by atoms with Crippen molar-refractivity contribution in [2.45, 2.75) is 63.8 Å². The van der Waals surface area contributed by atoms with Crippen molar-refractivity contribution in [3.05, 3.63) is 44.2 Å². The molecule has 8 heteroatoms. The van der Waals surface area contributed by atoms with E-state index in [9.17, 15) is 9.59 Å². The van der Waals surface area contributed by atoms with E-state index in [2.05, 4.69) is 21.2 Å². The van der Waals surface area contributed by atoms with E-state index < -0.39 is 12.6 Å². The Bertz CT molecular complexity index is 1030. The molecule has 1 aromatic heterocycles. The van der Waals surface area contributed by atoms with Gasteiger partial charge in [-0.3, -0.25) is 4.79 Å². The lowest BCUT2D eigenvalue weighted by Gasteiger charge is -2.23. The molecule has 32 heavy (non-hydrogen) atoms. The van der Waals surface area contributed by atoms with Gasteiger partial charge in [0.1, 0.15) is 10.8 Å². The molecular formula is C24H27BrN2O4S. The minimum Gasteiger partial charge on any atom is -0.481 e. The van der Waals surface area contributed by atoms with Gasteiger partial charge in [0.15, 0.2) is 6.61 Å². The van der Waals surface area contributed by atoms with Crippen molar-refractivity contribution in [1.82, 2.24) is 5.32 Å². The molecule has 0 bridgehead atoms. The Labute approximate surface area is 200 Å². The summed E-state index contributed by atoms with van der Waals surface area (Å²) in [7, 11) is 0. The number of rotatable bonds is 7. The first-order valence-corrected chi connectivity index (χ1v) is 12.8. The van der Waals surface area contributed by atoms with Crippen molar-refractivity contribution >= 4 is 50.4 Å². The Hall–Kier alpha value is -2.19. The number of aliphatic imine (C=N–C) groups is 1. The van der Waals surface area contributed by atoms with Crippen LogP contribution in [-0.4, -0.2) is 35.8 Å². The summed E-state index contributed by atoms with van der Waals surface area (Å²) < 4.78 is 5.91. The number of aliphatic carboxylic acids is 1. The van der Waals surface area contributed by atoms with Crippen LogP contribution in [0.15, 0.2) is 27.7 Å². The number of carbonyl (C=O) groups excluding carboxylic acids is 1. The van der Waals surface area contributed by atoms with E-state index in [1.165, 1.54) is 29.7 Å². The summed E-state index contributed by atoms with van der Waals surface area (Å²) in [4.78, 5) is 30.0. The van der Waals surface area contributed by atoms with E-state index in [0.717, 1.165) is 54.7 Å². The fraction of sp³-hybridized carbons (Fsp3) is 0.458. The molecule has 0 spiro atoms. The number of ether oxygens (including phenoxy) is 1. The molecule has 1 heterocycles. The number of amides is 1. The summed E-state index contributed by atoms with van der Waals surface area (Å²) in [6, 6.07) is 5.63. The fourth-order valence-electron chi connectivity index (χ4n) is 4.37. The van der Waals surface area contributed by atoms with Gasteiger partial charge in [-0.25, -0.2) is 9.79 Å². The minimum absolute atomic E-state index is 0.0158. The maximum absolute atomic E-state index is 13.3. The van der Waals surface area contributed by atoms with Crippen LogP contribution in [0.1, 0.15) is 71.3 Å². The zero-order valence-electron chi connectivity index (χ0n) is 17.9. The number of carboxylic acid groups (broad SMARTS) is 1. The Morgan fingerprint density at radius 1 is 1.19 bits per heavy atom. The second kappa shape index (κ2) is 10.6. The minimum atomic E-state index is -1.02. The van der Waals surface area contributed by atoms with Crippen molar-refractivity contribution < 1.29 is 19.4 Å². The van der Waals surface area contributed by atoms with E-state index in [4.69, 9.17) is 14.8 Å². The topological polar surface area (TPSA) is 88.0 Å². The number of aryl methyl sites for hydroxylation is 1. The van der Waals surface area contributed by atoms with Crippen molar-refractivity contribution in [2.75, 3.05) is 6.61 Å². The summed E-state index contributed by atoms with van der Waals surface area (Å²) in [5, 5.41) is 12.8. The second-order valence-electron chi connectivity index (χ2n) is 8.33. The average Bonchev–Trinajstić information content (AvgIpc) is 3.16. The highest BCUT2D eigenvalue weighted by Gasteiger charge is 2.27. The predicted octanol–water partition coefficient (Wildman–Crippen LogP) is 5.67. The summed E-state index contributed by atoms with van der Waals surface area (Å²) >= 11 is 5.05. The molecule has 0 saturated heterocycles. The summed E-state index contributed by atoms with van der Waals surface area (Å²) in [5.74, 6) is -0.547. The average molecular weight is 519 g/mol. The lowest BCUT2D eigenvalue weighted by atomic mass is 9.93. The van der Waals surface area contributed by atoms with Gasteiger partial charge in [-0.15, -0.1) is 11.3 Å². The van der Waals surface area contributed by atoms with Crippen LogP contribution >= 0.6 is 27.3 Å². The molecule has 0 radical (unpaired) electrons. The van der Waals surface area contributed by atoms with Gasteiger partial charge in [-0.1, -0.05) is 19.3 Å². The first-order valence-electron chi connectivity index (χ1n) is 11.1. The lowest BCUT2D eigenvalue weighted by Crippen LogP contribution is -2.36. The lowest BCUT2D eigenvalue weighted by molar-refractivity contribution is -0.139.